The van der Waals surface area contributed by atoms with Gasteiger partial charge in [0.05, 0.1) is 23.1 Å². The first-order valence-electron chi connectivity index (χ1n) is 21.7. The average Bonchev–Trinajstić information content (AvgIpc) is 4.06. The third kappa shape index (κ3) is 8.95. The number of ether oxygens (including phenoxy) is 2. The standard InChI is InChI=1S/C45H48F3N5O9S/c46-45(47,48)27-18-16-26(17-19-27)34-23-37(39-38(49-34)32-13-8-9-15-36(32)62-39)60-30-22-35-40(54)51-44(42(56)52-63(58,59)31-20-21-31)24-28(44)10-4-2-1-3-5-14-33(41(55)53(35)25-30)50-43(57)61-29-11-6-7-12-29/h4,8-10,13,15-19,23,28-31,33,35H,1-3,5-7,11-12,14,20-22,24-25H2,(H,50,57)(H,51,54)(H,52,56)/t28-,30-,33+,35+,44-/m1/s1. The molecule has 3 aliphatic carbocycles. The molecule has 2 aromatic carbocycles. The summed E-state index contributed by atoms with van der Waals surface area (Å²) in [5, 5.41) is 5.58. The highest BCUT2D eigenvalue weighted by Crippen LogP contribution is 2.46. The zero-order valence-corrected chi connectivity index (χ0v) is 35.1. The van der Waals surface area contributed by atoms with E-state index in [2.05, 4.69) is 15.4 Å². The van der Waals surface area contributed by atoms with Crippen molar-refractivity contribution in [2.24, 2.45) is 5.92 Å². The smallest absolute Gasteiger partial charge is 0.416 e. The molecule has 1 saturated heterocycles. The van der Waals surface area contributed by atoms with Gasteiger partial charge in [-0.2, -0.15) is 13.2 Å². The molecular formula is C45H48F3N5O9S. The Morgan fingerprint density at radius 1 is 0.937 bits per heavy atom. The lowest BCUT2D eigenvalue weighted by molar-refractivity contribution is -0.141. The summed E-state index contributed by atoms with van der Waals surface area (Å²) < 4.78 is 87.1. The van der Waals surface area contributed by atoms with Crippen molar-refractivity contribution in [2.75, 3.05) is 6.54 Å². The van der Waals surface area contributed by atoms with E-state index < -0.39 is 80.5 Å². The number of alkyl halides is 3. The fourth-order valence-electron chi connectivity index (χ4n) is 9.08. The first kappa shape index (κ1) is 42.6. The molecule has 4 aromatic rings. The Morgan fingerprint density at radius 3 is 2.43 bits per heavy atom. The predicted molar refractivity (Wildman–Crippen MR) is 223 cm³/mol. The van der Waals surface area contributed by atoms with E-state index in [0.29, 0.717) is 54.2 Å². The summed E-state index contributed by atoms with van der Waals surface area (Å²) in [5.41, 5.74) is -0.672. The minimum absolute atomic E-state index is 0.0882. The molecule has 4 fully saturated rings. The zero-order valence-electron chi connectivity index (χ0n) is 34.3. The average molecular weight is 892 g/mol. The second-order valence-corrected chi connectivity index (χ2v) is 19.3. The minimum Gasteiger partial charge on any atom is -0.484 e. The quantitative estimate of drug-likeness (QED) is 0.155. The molecule has 334 valence electrons. The van der Waals surface area contributed by atoms with Gasteiger partial charge < -0.3 is 29.4 Å². The predicted octanol–water partition coefficient (Wildman–Crippen LogP) is 7.06. The number of rotatable bonds is 8. The van der Waals surface area contributed by atoms with Crippen LogP contribution in [0.2, 0.25) is 0 Å². The van der Waals surface area contributed by atoms with Crippen LogP contribution in [0, 0.1) is 5.92 Å². The van der Waals surface area contributed by atoms with Crippen molar-refractivity contribution in [3.63, 3.8) is 0 Å². The van der Waals surface area contributed by atoms with Crippen molar-refractivity contribution < 1.29 is 54.7 Å². The molecule has 0 radical (unpaired) electrons. The lowest BCUT2D eigenvalue weighted by atomic mass is 10.0. The molecule has 5 aliphatic rings. The minimum atomic E-state index is -4.55. The van der Waals surface area contributed by atoms with Crippen molar-refractivity contribution in [3.8, 4) is 17.0 Å². The van der Waals surface area contributed by atoms with Crippen molar-refractivity contribution in [1.29, 1.82) is 0 Å². The number of pyridine rings is 1. The van der Waals surface area contributed by atoms with Crippen molar-refractivity contribution in [2.45, 2.75) is 125 Å². The van der Waals surface area contributed by atoms with E-state index in [9.17, 15) is 40.8 Å². The summed E-state index contributed by atoms with van der Waals surface area (Å²) in [5.74, 6) is -2.45. The van der Waals surface area contributed by atoms with E-state index in [1.165, 1.54) is 23.1 Å². The fourth-order valence-corrected chi connectivity index (χ4v) is 10.4. The van der Waals surface area contributed by atoms with Gasteiger partial charge in [0.15, 0.2) is 11.3 Å². The summed E-state index contributed by atoms with van der Waals surface area (Å²) >= 11 is 0. The number of hydrogen-bond acceptors (Lipinski definition) is 10. The Balaban J connectivity index is 1.05. The monoisotopic (exact) mass is 891 g/mol. The van der Waals surface area contributed by atoms with Gasteiger partial charge in [0.2, 0.25) is 21.8 Å². The molecule has 0 unspecified atom stereocenters. The highest BCUT2D eigenvalue weighted by Gasteiger charge is 2.62. The third-order valence-corrected chi connectivity index (χ3v) is 14.6. The van der Waals surface area contributed by atoms with Gasteiger partial charge in [0.1, 0.15) is 40.9 Å². The molecule has 4 heterocycles. The number of alkyl carbamates (subject to hydrolysis) is 1. The van der Waals surface area contributed by atoms with E-state index in [4.69, 9.17) is 18.9 Å². The number of nitrogens with one attached hydrogen (secondary N) is 3. The van der Waals surface area contributed by atoms with Gasteiger partial charge in [-0.1, -0.05) is 49.3 Å². The number of nitrogens with zero attached hydrogens (tertiary/aromatic N) is 2. The molecule has 14 nitrogen and oxygen atoms in total. The molecule has 2 aromatic heterocycles. The van der Waals surface area contributed by atoms with Crippen molar-refractivity contribution in [1.82, 2.24) is 25.2 Å². The van der Waals surface area contributed by atoms with Gasteiger partial charge in [0.25, 0.3) is 5.91 Å². The second-order valence-electron chi connectivity index (χ2n) is 17.4. The molecule has 63 heavy (non-hydrogen) atoms. The number of sulfonamides is 1. The molecular weight excluding hydrogens is 844 g/mol. The first-order chi connectivity index (χ1) is 30.2. The lowest BCUT2D eigenvalue weighted by Crippen LogP contribution is -2.58. The van der Waals surface area contributed by atoms with Crippen LogP contribution >= 0.6 is 0 Å². The van der Waals surface area contributed by atoms with Crippen LogP contribution in [-0.4, -0.2) is 83.7 Å². The highest BCUT2D eigenvalue weighted by atomic mass is 32.2. The number of para-hydroxylation sites is 1. The molecule has 3 N–H and O–H groups in total. The maximum Gasteiger partial charge on any atom is 0.416 e. The number of aromatic nitrogens is 1. The normalized spacial score (nSPS) is 26.0. The zero-order chi connectivity index (χ0) is 44.1. The summed E-state index contributed by atoms with van der Waals surface area (Å²) in [4.78, 5) is 62.6. The molecule has 0 bridgehead atoms. The number of furan rings is 1. The van der Waals surface area contributed by atoms with E-state index in [1.54, 1.807) is 24.3 Å². The van der Waals surface area contributed by atoms with Gasteiger partial charge in [0, 0.05) is 29.4 Å². The Kier molecular flexibility index (Phi) is 11.4. The number of amides is 4. The third-order valence-electron chi connectivity index (χ3n) is 12.8. The van der Waals surface area contributed by atoms with Crippen LogP contribution in [0.15, 0.2) is 71.2 Å². The van der Waals surface area contributed by atoms with E-state index in [-0.39, 0.29) is 48.9 Å². The molecule has 0 spiro atoms. The Bertz CT molecular complexity index is 2570. The SMILES string of the molecule is O=C(N[C@H]1CCCCCC=C[C@@H]2C[C@@]2(C(=O)NS(=O)(=O)C2CC2)NC(=O)[C@@H]2C[C@@H](Oc3cc(-c4ccc(C(F)(F)F)cc4)nc4c3oc3ccccc34)CN2C1=O)OC1CCCC1. The second kappa shape index (κ2) is 16.8. The van der Waals surface area contributed by atoms with Crippen LogP contribution in [0.1, 0.15) is 89.0 Å². The van der Waals surface area contributed by atoms with Crippen LogP contribution in [-0.2, 0) is 35.3 Å². The van der Waals surface area contributed by atoms with Crippen LogP contribution in [0.5, 0.6) is 5.75 Å². The summed E-state index contributed by atoms with van der Waals surface area (Å²) in [6.45, 7) is -0.148. The van der Waals surface area contributed by atoms with Crippen LogP contribution in [0.3, 0.4) is 0 Å². The summed E-state index contributed by atoms with van der Waals surface area (Å²) in [6, 6.07) is 10.9. The van der Waals surface area contributed by atoms with Gasteiger partial charge in [-0.15, -0.1) is 0 Å². The van der Waals surface area contributed by atoms with Crippen LogP contribution in [0.4, 0.5) is 18.0 Å². The van der Waals surface area contributed by atoms with E-state index in [1.807, 2.05) is 12.2 Å². The van der Waals surface area contributed by atoms with Crippen molar-refractivity contribution in [3.05, 3.63) is 72.3 Å². The maximum absolute atomic E-state index is 14.8. The van der Waals surface area contributed by atoms with Gasteiger partial charge in [-0.25, -0.2) is 18.2 Å². The van der Waals surface area contributed by atoms with Crippen molar-refractivity contribution >= 4 is 55.9 Å². The molecule has 4 amide bonds. The molecule has 3 saturated carbocycles. The van der Waals surface area contributed by atoms with Gasteiger partial charge >= 0.3 is 12.3 Å². The fraction of sp³-hybridized carbons (Fsp3) is 0.489. The van der Waals surface area contributed by atoms with Crippen LogP contribution < -0.4 is 20.1 Å². The number of allylic oxidation sites excluding steroid dienone is 1. The van der Waals surface area contributed by atoms with E-state index in [0.717, 1.165) is 44.2 Å². The molecule has 2 aliphatic heterocycles. The molecule has 5 atom stereocenters. The number of halogens is 3. The molecule has 18 heteroatoms. The number of carbonyl (C=O) groups is 4. The number of fused-ring (bicyclic) bond motifs is 5. The molecule has 9 rings (SSSR count). The highest BCUT2D eigenvalue weighted by molar-refractivity contribution is 7.91. The number of carbonyl (C=O) groups excluding carboxylic acids is 4. The first-order valence-corrected chi connectivity index (χ1v) is 23.2. The lowest BCUT2D eigenvalue weighted by Gasteiger charge is -2.30. The Morgan fingerprint density at radius 2 is 1.68 bits per heavy atom. The topological polar surface area (TPSA) is 186 Å². The largest absolute Gasteiger partial charge is 0.484 e. The number of benzene rings is 2. The summed E-state index contributed by atoms with van der Waals surface area (Å²) in [6.07, 6.45) is 4.47. The number of hydrogen-bond donors (Lipinski definition) is 3. The van der Waals surface area contributed by atoms with Gasteiger partial charge in [-0.05, 0) is 88.5 Å². The van der Waals surface area contributed by atoms with E-state index >= 15 is 0 Å². The Hall–Kier alpha value is -5.65. The Labute approximate surface area is 361 Å². The van der Waals surface area contributed by atoms with Gasteiger partial charge in [-0.3, -0.25) is 19.1 Å². The maximum atomic E-state index is 14.8. The van der Waals surface area contributed by atoms with Crippen LogP contribution in [0.25, 0.3) is 33.3 Å². The summed E-state index contributed by atoms with van der Waals surface area (Å²) in [7, 11) is -3.96.